The molecule has 0 radical (unpaired) electrons. The number of fused-ring (bicyclic) bond motifs is 1. The van der Waals surface area contributed by atoms with Crippen molar-refractivity contribution in [2.75, 3.05) is 0 Å². The van der Waals surface area contributed by atoms with Crippen molar-refractivity contribution < 1.29 is 4.79 Å². The molecule has 2 aromatic heterocycles. The van der Waals surface area contributed by atoms with Gasteiger partial charge in [0.05, 0.1) is 11.2 Å². The van der Waals surface area contributed by atoms with Gasteiger partial charge in [-0.1, -0.05) is 30.3 Å². The standard InChI is InChI=1S/C22H17N3O/c1-14-6-7-19(12-23-14)17-8-9-21-20(11-17)22(25-13-24-21)18-5-3-4-16(10-18)15(2)26/h3-13H,1-2H3. The first-order chi connectivity index (χ1) is 12.6. The summed E-state index contributed by atoms with van der Waals surface area (Å²) in [6.07, 6.45) is 3.43. The second-order valence-electron chi connectivity index (χ2n) is 6.28. The first-order valence-corrected chi connectivity index (χ1v) is 8.41. The predicted octanol–water partition coefficient (Wildman–Crippen LogP) is 4.87. The van der Waals surface area contributed by atoms with Gasteiger partial charge in [0.25, 0.3) is 0 Å². The Morgan fingerprint density at radius 2 is 1.69 bits per heavy atom. The van der Waals surface area contributed by atoms with E-state index in [9.17, 15) is 4.79 Å². The first-order valence-electron chi connectivity index (χ1n) is 8.41. The number of benzene rings is 2. The molecular weight excluding hydrogens is 322 g/mol. The molecule has 26 heavy (non-hydrogen) atoms. The third-order valence-corrected chi connectivity index (χ3v) is 4.42. The van der Waals surface area contributed by atoms with E-state index in [1.54, 1.807) is 13.3 Å². The summed E-state index contributed by atoms with van der Waals surface area (Å²) in [7, 11) is 0. The van der Waals surface area contributed by atoms with Gasteiger partial charge in [-0.2, -0.15) is 0 Å². The molecule has 0 unspecified atom stereocenters. The second-order valence-corrected chi connectivity index (χ2v) is 6.28. The van der Waals surface area contributed by atoms with Crippen LogP contribution in [0.1, 0.15) is 23.0 Å². The molecule has 0 aliphatic heterocycles. The lowest BCUT2D eigenvalue weighted by molar-refractivity contribution is 0.101. The number of Topliss-reactive ketones (excluding diaryl/α,β-unsaturated/α-hetero) is 1. The highest BCUT2D eigenvalue weighted by Gasteiger charge is 2.10. The number of carbonyl (C=O) groups is 1. The molecule has 0 saturated carbocycles. The van der Waals surface area contributed by atoms with Crippen molar-refractivity contribution >= 4 is 16.7 Å². The summed E-state index contributed by atoms with van der Waals surface area (Å²) in [6, 6.07) is 17.7. The lowest BCUT2D eigenvalue weighted by Gasteiger charge is -2.09. The second kappa shape index (κ2) is 6.48. The zero-order valence-electron chi connectivity index (χ0n) is 14.6. The molecule has 4 heteroatoms. The molecule has 0 amide bonds. The summed E-state index contributed by atoms with van der Waals surface area (Å²) >= 11 is 0. The van der Waals surface area contributed by atoms with Crippen LogP contribution < -0.4 is 0 Å². The molecule has 0 atom stereocenters. The maximum atomic E-state index is 11.7. The molecule has 2 aromatic carbocycles. The van der Waals surface area contributed by atoms with Crippen molar-refractivity contribution in [2.24, 2.45) is 0 Å². The van der Waals surface area contributed by atoms with Gasteiger partial charge >= 0.3 is 0 Å². The van der Waals surface area contributed by atoms with E-state index in [4.69, 9.17) is 0 Å². The number of pyridine rings is 1. The van der Waals surface area contributed by atoms with Gasteiger partial charge in [0.15, 0.2) is 5.78 Å². The number of nitrogens with zero attached hydrogens (tertiary/aromatic N) is 3. The van der Waals surface area contributed by atoms with Crippen molar-refractivity contribution in [1.29, 1.82) is 0 Å². The molecule has 4 aromatic rings. The Morgan fingerprint density at radius 1 is 0.846 bits per heavy atom. The third-order valence-electron chi connectivity index (χ3n) is 4.42. The molecule has 0 saturated heterocycles. The highest BCUT2D eigenvalue weighted by Crippen LogP contribution is 2.30. The molecule has 0 bridgehead atoms. The van der Waals surface area contributed by atoms with E-state index in [1.165, 1.54) is 0 Å². The Kier molecular flexibility index (Phi) is 4.01. The summed E-state index contributed by atoms with van der Waals surface area (Å²) in [5.41, 5.74) is 6.36. The maximum Gasteiger partial charge on any atom is 0.159 e. The Morgan fingerprint density at radius 3 is 2.46 bits per heavy atom. The topological polar surface area (TPSA) is 55.7 Å². The van der Waals surface area contributed by atoms with Crippen LogP contribution in [0, 0.1) is 6.92 Å². The Bertz CT molecular complexity index is 1120. The largest absolute Gasteiger partial charge is 0.295 e. The van der Waals surface area contributed by atoms with Gasteiger partial charge in [0.1, 0.15) is 6.33 Å². The lowest BCUT2D eigenvalue weighted by Crippen LogP contribution is -1.94. The van der Waals surface area contributed by atoms with Crippen LogP contribution in [-0.2, 0) is 0 Å². The molecule has 126 valence electrons. The molecule has 0 fully saturated rings. The van der Waals surface area contributed by atoms with Crippen LogP contribution in [-0.4, -0.2) is 20.7 Å². The predicted molar refractivity (Wildman–Crippen MR) is 103 cm³/mol. The fraction of sp³-hybridized carbons (Fsp3) is 0.0909. The highest BCUT2D eigenvalue weighted by atomic mass is 16.1. The molecule has 0 N–H and O–H groups in total. The van der Waals surface area contributed by atoms with Crippen molar-refractivity contribution in [3.8, 4) is 22.4 Å². The summed E-state index contributed by atoms with van der Waals surface area (Å²) in [5, 5.41) is 0.950. The van der Waals surface area contributed by atoms with E-state index in [-0.39, 0.29) is 5.78 Å². The van der Waals surface area contributed by atoms with Crippen molar-refractivity contribution in [3.63, 3.8) is 0 Å². The van der Waals surface area contributed by atoms with Crippen molar-refractivity contribution in [1.82, 2.24) is 15.0 Å². The zero-order chi connectivity index (χ0) is 18.1. The van der Waals surface area contributed by atoms with Gasteiger partial charge in [-0.15, -0.1) is 0 Å². The summed E-state index contributed by atoms with van der Waals surface area (Å²) in [4.78, 5) is 25.0. The molecule has 0 spiro atoms. The SMILES string of the molecule is CC(=O)c1cccc(-c2ncnc3ccc(-c4ccc(C)nc4)cc23)c1. The number of hydrogen-bond acceptors (Lipinski definition) is 4. The number of carbonyl (C=O) groups excluding carboxylic acids is 1. The minimum absolute atomic E-state index is 0.0385. The van der Waals surface area contributed by atoms with Gasteiger partial charge in [-0.3, -0.25) is 9.78 Å². The molecule has 0 aliphatic rings. The molecule has 0 aliphatic carbocycles. The molecule has 4 rings (SSSR count). The van der Waals surface area contributed by atoms with Crippen LogP contribution in [0.2, 0.25) is 0 Å². The van der Waals surface area contributed by atoms with Crippen LogP contribution >= 0.6 is 0 Å². The van der Waals surface area contributed by atoms with Gasteiger partial charge < -0.3 is 0 Å². The normalized spacial score (nSPS) is 10.8. The summed E-state index contributed by atoms with van der Waals surface area (Å²) in [5.74, 6) is 0.0385. The van der Waals surface area contributed by atoms with Crippen molar-refractivity contribution in [3.05, 3.63) is 78.4 Å². The lowest BCUT2D eigenvalue weighted by atomic mass is 9.99. The molecule has 2 heterocycles. The highest BCUT2D eigenvalue weighted by molar-refractivity contribution is 5.98. The Balaban J connectivity index is 1.90. The Labute approximate surface area is 151 Å². The number of hydrogen-bond donors (Lipinski definition) is 0. The number of ketones is 1. The van der Waals surface area contributed by atoms with Gasteiger partial charge in [-0.05, 0) is 43.7 Å². The minimum atomic E-state index is 0.0385. The zero-order valence-corrected chi connectivity index (χ0v) is 14.6. The average molecular weight is 339 g/mol. The minimum Gasteiger partial charge on any atom is -0.295 e. The fourth-order valence-corrected chi connectivity index (χ4v) is 2.99. The van der Waals surface area contributed by atoms with Crippen LogP contribution in [0.5, 0.6) is 0 Å². The first kappa shape index (κ1) is 16.1. The van der Waals surface area contributed by atoms with E-state index in [2.05, 4.69) is 27.1 Å². The van der Waals surface area contributed by atoms with Gasteiger partial charge in [-0.25, -0.2) is 9.97 Å². The number of rotatable bonds is 3. The molecule has 4 nitrogen and oxygen atoms in total. The van der Waals surface area contributed by atoms with E-state index < -0.39 is 0 Å². The van der Waals surface area contributed by atoms with E-state index in [1.807, 2.05) is 55.6 Å². The van der Waals surface area contributed by atoms with Crippen LogP contribution in [0.25, 0.3) is 33.3 Å². The number of aryl methyl sites for hydroxylation is 1. The number of aromatic nitrogens is 3. The van der Waals surface area contributed by atoms with Crippen LogP contribution in [0.3, 0.4) is 0 Å². The molecular formula is C22H17N3O. The van der Waals surface area contributed by atoms with E-state index in [0.717, 1.165) is 39.0 Å². The average Bonchev–Trinajstić information content (AvgIpc) is 2.68. The summed E-state index contributed by atoms with van der Waals surface area (Å²) in [6.45, 7) is 3.54. The van der Waals surface area contributed by atoms with Crippen molar-refractivity contribution in [2.45, 2.75) is 13.8 Å². The quantitative estimate of drug-likeness (QED) is 0.500. The van der Waals surface area contributed by atoms with Crippen LogP contribution in [0.15, 0.2) is 67.1 Å². The third kappa shape index (κ3) is 2.97. The van der Waals surface area contributed by atoms with E-state index in [0.29, 0.717) is 5.56 Å². The summed E-state index contributed by atoms with van der Waals surface area (Å²) < 4.78 is 0. The monoisotopic (exact) mass is 339 g/mol. The van der Waals surface area contributed by atoms with E-state index >= 15 is 0 Å². The fourth-order valence-electron chi connectivity index (χ4n) is 2.99. The van der Waals surface area contributed by atoms with Crippen LogP contribution in [0.4, 0.5) is 0 Å². The Hall–Kier alpha value is -3.40. The van der Waals surface area contributed by atoms with Gasteiger partial charge in [0, 0.05) is 34.0 Å². The maximum absolute atomic E-state index is 11.7. The smallest absolute Gasteiger partial charge is 0.159 e. The van der Waals surface area contributed by atoms with Gasteiger partial charge in [0.2, 0.25) is 0 Å².